The number of fused-ring (bicyclic) bond motifs is 1. The van der Waals surface area contributed by atoms with Gasteiger partial charge in [0.2, 0.25) is 11.8 Å². The van der Waals surface area contributed by atoms with Gasteiger partial charge in [0.25, 0.3) is 11.8 Å². The summed E-state index contributed by atoms with van der Waals surface area (Å²) in [5.41, 5.74) is 1.49. The number of hydrogen-bond donors (Lipinski definition) is 2. The van der Waals surface area contributed by atoms with Crippen LogP contribution in [-0.2, 0) is 14.4 Å². The van der Waals surface area contributed by atoms with Gasteiger partial charge >= 0.3 is 5.97 Å². The molecule has 2 saturated heterocycles. The van der Waals surface area contributed by atoms with Crippen LogP contribution in [0, 0.1) is 0 Å². The molecule has 2 unspecified atom stereocenters. The number of imide groups is 2. The van der Waals surface area contributed by atoms with Crippen LogP contribution >= 0.6 is 0 Å². The Labute approximate surface area is 179 Å². The van der Waals surface area contributed by atoms with E-state index in [1.807, 2.05) is 17.9 Å². The van der Waals surface area contributed by atoms with Crippen LogP contribution in [0.5, 0.6) is 0 Å². The smallest absolute Gasteiger partial charge is 0.320 e. The Bertz CT molecular complexity index is 966. The maximum atomic E-state index is 13.0. The van der Waals surface area contributed by atoms with Crippen LogP contribution < -0.4 is 5.32 Å². The zero-order valence-electron chi connectivity index (χ0n) is 17.3. The highest BCUT2D eigenvalue weighted by Gasteiger charge is 2.44. The standard InChI is InChI=1S/C22H25N3O6/c1-2-16(22(30)31)24-9-7-12(8-10-24)13-3-4-14-15(11-13)21(29)25(20(14)28)17-5-6-18(26)23-19(17)27/h3-4,11-12,16-17H,2,5-10H2,1H3,(H,30,31)(H,23,26,27). The summed E-state index contributed by atoms with van der Waals surface area (Å²) < 4.78 is 0. The van der Waals surface area contributed by atoms with Gasteiger partial charge < -0.3 is 5.11 Å². The lowest BCUT2D eigenvalue weighted by Crippen LogP contribution is -2.54. The zero-order valence-corrected chi connectivity index (χ0v) is 17.3. The van der Waals surface area contributed by atoms with Crippen molar-refractivity contribution >= 4 is 29.6 Å². The summed E-state index contributed by atoms with van der Waals surface area (Å²) in [6.45, 7) is 3.17. The maximum Gasteiger partial charge on any atom is 0.320 e. The first kappa shape index (κ1) is 21.2. The molecule has 164 valence electrons. The van der Waals surface area contributed by atoms with Gasteiger partial charge in [0.1, 0.15) is 12.1 Å². The number of carboxylic acids is 1. The van der Waals surface area contributed by atoms with Crippen LogP contribution in [0.1, 0.15) is 71.2 Å². The molecule has 2 fully saturated rings. The van der Waals surface area contributed by atoms with Crippen LogP contribution in [0.4, 0.5) is 0 Å². The summed E-state index contributed by atoms with van der Waals surface area (Å²) in [6.07, 6.45) is 2.29. The van der Waals surface area contributed by atoms with Crippen LogP contribution in [0.25, 0.3) is 0 Å². The largest absolute Gasteiger partial charge is 0.480 e. The third-order valence-corrected chi connectivity index (χ3v) is 6.58. The van der Waals surface area contributed by atoms with Gasteiger partial charge in [0, 0.05) is 6.42 Å². The van der Waals surface area contributed by atoms with Crippen molar-refractivity contribution in [3.8, 4) is 0 Å². The number of nitrogens with one attached hydrogen (secondary N) is 1. The Morgan fingerprint density at radius 3 is 2.39 bits per heavy atom. The third kappa shape index (κ3) is 3.74. The Hall–Kier alpha value is -3.07. The number of amides is 4. The average molecular weight is 427 g/mol. The molecule has 4 rings (SSSR count). The molecule has 2 atom stereocenters. The van der Waals surface area contributed by atoms with Gasteiger partial charge in [-0.3, -0.25) is 39.1 Å². The fraction of sp³-hybridized carbons (Fsp3) is 0.500. The summed E-state index contributed by atoms with van der Waals surface area (Å²) in [6, 6.07) is 3.75. The number of aliphatic carboxylic acids is 1. The SMILES string of the molecule is CCC(C(=O)O)N1CCC(c2ccc3c(c2)C(=O)N(C2CCC(=O)NC2=O)C3=O)CC1. The Balaban J connectivity index is 1.50. The van der Waals surface area contributed by atoms with Crippen molar-refractivity contribution in [1.29, 1.82) is 0 Å². The highest BCUT2D eigenvalue weighted by atomic mass is 16.4. The molecule has 0 spiro atoms. The molecule has 1 aromatic carbocycles. The maximum absolute atomic E-state index is 13.0. The van der Waals surface area contributed by atoms with Gasteiger partial charge in [-0.25, -0.2) is 0 Å². The van der Waals surface area contributed by atoms with E-state index in [9.17, 15) is 29.1 Å². The monoisotopic (exact) mass is 427 g/mol. The number of nitrogens with zero attached hydrogens (tertiary/aromatic N) is 2. The van der Waals surface area contributed by atoms with Crippen LogP contribution in [0.2, 0.25) is 0 Å². The number of carbonyl (C=O) groups is 5. The van der Waals surface area contributed by atoms with E-state index >= 15 is 0 Å². The normalized spacial score (nSPS) is 23.6. The molecule has 0 aliphatic carbocycles. The number of hydrogen-bond acceptors (Lipinski definition) is 6. The number of benzene rings is 1. The summed E-state index contributed by atoms with van der Waals surface area (Å²) in [4.78, 5) is 63.7. The minimum Gasteiger partial charge on any atom is -0.480 e. The van der Waals surface area contributed by atoms with Crippen molar-refractivity contribution in [2.45, 2.75) is 57.0 Å². The molecule has 0 saturated carbocycles. The molecule has 2 N–H and O–H groups in total. The van der Waals surface area contributed by atoms with Crippen molar-refractivity contribution in [1.82, 2.24) is 15.1 Å². The quantitative estimate of drug-likeness (QED) is 0.675. The van der Waals surface area contributed by atoms with Crippen LogP contribution in [0.3, 0.4) is 0 Å². The molecular weight excluding hydrogens is 402 g/mol. The number of carboxylic acid groups (broad SMARTS) is 1. The number of rotatable bonds is 5. The predicted molar refractivity (Wildman–Crippen MR) is 108 cm³/mol. The van der Waals surface area contributed by atoms with Crippen molar-refractivity contribution < 1.29 is 29.1 Å². The third-order valence-electron chi connectivity index (χ3n) is 6.58. The second-order valence-corrected chi connectivity index (χ2v) is 8.32. The Morgan fingerprint density at radius 1 is 1.10 bits per heavy atom. The topological polar surface area (TPSA) is 124 Å². The summed E-state index contributed by atoms with van der Waals surface area (Å²) in [5, 5.41) is 11.6. The van der Waals surface area contributed by atoms with E-state index in [0.29, 0.717) is 19.5 Å². The van der Waals surface area contributed by atoms with Gasteiger partial charge in [0.05, 0.1) is 11.1 Å². The first-order valence-corrected chi connectivity index (χ1v) is 10.6. The van der Waals surface area contributed by atoms with E-state index < -0.39 is 41.7 Å². The Kier molecular flexibility index (Phi) is 5.62. The van der Waals surface area contributed by atoms with Crippen molar-refractivity contribution in [3.63, 3.8) is 0 Å². The Morgan fingerprint density at radius 2 is 1.77 bits per heavy atom. The molecule has 31 heavy (non-hydrogen) atoms. The predicted octanol–water partition coefficient (Wildman–Crippen LogP) is 1.13. The molecular formula is C22H25N3O6. The van der Waals surface area contributed by atoms with Crippen molar-refractivity contribution in [2.75, 3.05) is 13.1 Å². The molecule has 3 heterocycles. The molecule has 9 heteroatoms. The fourth-order valence-electron chi connectivity index (χ4n) is 4.88. The lowest BCUT2D eigenvalue weighted by Gasteiger charge is -2.35. The van der Waals surface area contributed by atoms with E-state index in [0.717, 1.165) is 23.3 Å². The molecule has 3 aliphatic heterocycles. The number of likely N-dealkylation sites (tertiary alicyclic amines) is 1. The molecule has 4 amide bonds. The first-order chi connectivity index (χ1) is 14.8. The minimum absolute atomic E-state index is 0.0860. The van der Waals surface area contributed by atoms with Crippen molar-refractivity contribution in [2.24, 2.45) is 0 Å². The summed E-state index contributed by atoms with van der Waals surface area (Å²) in [5.74, 6) is -2.69. The average Bonchev–Trinajstić information content (AvgIpc) is 2.99. The highest BCUT2D eigenvalue weighted by molar-refractivity contribution is 6.23. The molecule has 0 aromatic heterocycles. The van der Waals surface area contributed by atoms with E-state index in [2.05, 4.69) is 5.32 Å². The van der Waals surface area contributed by atoms with Gasteiger partial charge in [-0.15, -0.1) is 0 Å². The lowest BCUT2D eigenvalue weighted by molar-refractivity contribution is -0.144. The van der Waals surface area contributed by atoms with E-state index in [-0.39, 0.29) is 29.9 Å². The van der Waals surface area contributed by atoms with Crippen LogP contribution in [0.15, 0.2) is 18.2 Å². The van der Waals surface area contributed by atoms with E-state index in [1.54, 1.807) is 12.1 Å². The van der Waals surface area contributed by atoms with Crippen LogP contribution in [-0.4, -0.2) is 69.7 Å². The molecule has 3 aliphatic rings. The second-order valence-electron chi connectivity index (χ2n) is 8.32. The molecule has 0 radical (unpaired) electrons. The fourth-order valence-corrected chi connectivity index (χ4v) is 4.88. The van der Waals surface area contributed by atoms with E-state index in [1.165, 1.54) is 0 Å². The number of carbonyl (C=O) groups excluding carboxylic acids is 4. The number of piperidine rings is 2. The van der Waals surface area contributed by atoms with Gasteiger partial charge in [-0.1, -0.05) is 13.0 Å². The second kappa shape index (κ2) is 8.22. The van der Waals surface area contributed by atoms with Gasteiger partial charge in [-0.05, 0) is 62.4 Å². The molecule has 0 bridgehead atoms. The van der Waals surface area contributed by atoms with E-state index in [4.69, 9.17) is 0 Å². The van der Waals surface area contributed by atoms with Gasteiger partial charge in [-0.2, -0.15) is 0 Å². The summed E-state index contributed by atoms with van der Waals surface area (Å²) in [7, 11) is 0. The molecule has 9 nitrogen and oxygen atoms in total. The first-order valence-electron chi connectivity index (χ1n) is 10.6. The minimum atomic E-state index is -0.973. The van der Waals surface area contributed by atoms with Gasteiger partial charge in [0.15, 0.2) is 0 Å². The molecule has 1 aromatic rings. The lowest BCUT2D eigenvalue weighted by atomic mass is 9.87. The summed E-state index contributed by atoms with van der Waals surface area (Å²) >= 11 is 0. The highest BCUT2D eigenvalue weighted by Crippen LogP contribution is 2.34. The van der Waals surface area contributed by atoms with Crippen molar-refractivity contribution in [3.05, 3.63) is 34.9 Å². The zero-order chi connectivity index (χ0) is 22.3.